The quantitative estimate of drug-likeness (QED) is 0.457. The molecule has 0 saturated carbocycles. The summed E-state index contributed by atoms with van der Waals surface area (Å²) in [5, 5.41) is 10.2. The molecule has 0 aliphatic carbocycles. The highest BCUT2D eigenvalue weighted by atomic mass is 16.1. The minimum absolute atomic E-state index is 0.0667. The molecule has 0 atom stereocenters. The monoisotopic (exact) mass is 441 g/mol. The molecule has 0 aliphatic heterocycles. The maximum Gasteiger partial charge on any atom is 0.228 e. The molecule has 0 unspecified atom stereocenters. The fourth-order valence-electron chi connectivity index (χ4n) is 3.28. The SMILES string of the molecule is Cn1cc(Nc2ncc(-c3ccc(CC(=O)Nc4ccnc(C(C)(C)C)c4)cc3)cn2)cn1. The van der Waals surface area contributed by atoms with Crippen molar-refractivity contribution in [2.45, 2.75) is 32.6 Å². The highest BCUT2D eigenvalue weighted by molar-refractivity contribution is 5.92. The van der Waals surface area contributed by atoms with Gasteiger partial charge in [0.15, 0.2) is 0 Å². The van der Waals surface area contributed by atoms with Crippen molar-refractivity contribution in [3.63, 3.8) is 0 Å². The number of hydrogen-bond acceptors (Lipinski definition) is 6. The average molecular weight is 442 g/mol. The molecule has 0 fully saturated rings. The van der Waals surface area contributed by atoms with Crippen molar-refractivity contribution >= 4 is 23.2 Å². The molecule has 1 amide bonds. The zero-order valence-corrected chi connectivity index (χ0v) is 19.2. The van der Waals surface area contributed by atoms with Gasteiger partial charge in [-0.1, -0.05) is 45.0 Å². The first-order valence-corrected chi connectivity index (χ1v) is 10.7. The van der Waals surface area contributed by atoms with E-state index in [9.17, 15) is 4.79 Å². The van der Waals surface area contributed by atoms with Crippen LogP contribution in [0.4, 0.5) is 17.3 Å². The molecular formula is C25H27N7O. The Balaban J connectivity index is 1.36. The molecule has 8 nitrogen and oxygen atoms in total. The zero-order valence-electron chi connectivity index (χ0n) is 19.2. The predicted octanol–water partition coefficient (Wildman–Crippen LogP) is 4.49. The van der Waals surface area contributed by atoms with E-state index in [2.05, 4.69) is 51.5 Å². The summed E-state index contributed by atoms with van der Waals surface area (Å²) in [7, 11) is 1.85. The van der Waals surface area contributed by atoms with E-state index in [1.807, 2.05) is 49.6 Å². The summed E-state index contributed by atoms with van der Waals surface area (Å²) in [5.41, 5.74) is 5.26. The van der Waals surface area contributed by atoms with Crippen molar-refractivity contribution in [2.75, 3.05) is 10.6 Å². The van der Waals surface area contributed by atoms with Gasteiger partial charge in [0.05, 0.1) is 18.3 Å². The van der Waals surface area contributed by atoms with Gasteiger partial charge in [-0.25, -0.2) is 9.97 Å². The molecule has 0 radical (unpaired) electrons. The number of benzene rings is 1. The minimum Gasteiger partial charge on any atom is -0.326 e. The van der Waals surface area contributed by atoms with Crippen LogP contribution in [0.5, 0.6) is 0 Å². The number of carbonyl (C=O) groups excluding carboxylic acids is 1. The van der Waals surface area contributed by atoms with Crippen LogP contribution in [0.25, 0.3) is 11.1 Å². The predicted molar refractivity (Wildman–Crippen MR) is 129 cm³/mol. The van der Waals surface area contributed by atoms with Crippen molar-refractivity contribution in [2.24, 2.45) is 7.05 Å². The molecular weight excluding hydrogens is 414 g/mol. The molecule has 0 bridgehead atoms. The Morgan fingerprint density at radius 2 is 1.67 bits per heavy atom. The summed E-state index contributed by atoms with van der Waals surface area (Å²) in [4.78, 5) is 25.7. The average Bonchev–Trinajstić information content (AvgIpc) is 3.19. The van der Waals surface area contributed by atoms with E-state index >= 15 is 0 Å². The van der Waals surface area contributed by atoms with Gasteiger partial charge in [-0.2, -0.15) is 5.10 Å². The molecule has 3 aromatic heterocycles. The summed E-state index contributed by atoms with van der Waals surface area (Å²) in [6, 6.07) is 11.6. The fourth-order valence-corrected chi connectivity index (χ4v) is 3.28. The summed E-state index contributed by atoms with van der Waals surface area (Å²) in [6.07, 6.45) is 9.12. The van der Waals surface area contributed by atoms with Crippen LogP contribution in [0.1, 0.15) is 32.0 Å². The summed E-state index contributed by atoms with van der Waals surface area (Å²) >= 11 is 0. The normalized spacial score (nSPS) is 11.3. The van der Waals surface area contributed by atoms with E-state index in [1.54, 1.807) is 29.5 Å². The highest BCUT2D eigenvalue weighted by Gasteiger charge is 2.16. The molecule has 0 aliphatic rings. The molecule has 8 heteroatoms. The maximum absolute atomic E-state index is 12.5. The number of amides is 1. The standard InChI is InChI=1S/C25H27N7O/c1-25(2,3)22-12-20(9-10-26-22)30-23(33)11-17-5-7-18(8-6-17)19-13-27-24(28-14-19)31-21-15-29-32(4)16-21/h5-10,12-16H,11H2,1-4H3,(H,26,30,33)(H,27,28,31). The van der Waals surface area contributed by atoms with Crippen molar-refractivity contribution in [1.29, 1.82) is 0 Å². The van der Waals surface area contributed by atoms with Gasteiger partial charge < -0.3 is 10.6 Å². The molecule has 0 saturated heterocycles. The Bertz CT molecular complexity index is 1240. The van der Waals surface area contributed by atoms with Gasteiger partial charge in [0.1, 0.15) is 0 Å². The maximum atomic E-state index is 12.5. The second kappa shape index (κ2) is 9.20. The third-order valence-electron chi connectivity index (χ3n) is 5.08. The van der Waals surface area contributed by atoms with Gasteiger partial charge in [-0.05, 0) is 23.3 Å². The van der Waals surface area contributed by atoms with E-state index in [4.69, 9.17) is 0 Å². The van der Waals surface area contributed by atoms with E-state index in [0.717, 1.165) is 33.8 Å². The van der Waals surface area contributed by atoms with Crippen molar-refractivity contribution in [3.05, 3.63) is 78.6 Å². The number of aromatic nitrogens is 5. The van der Waals surface area contributed by atoms with Crippen molar-refractivity contribution < 1.29 is 4.79 Å². The largest absolute Gasteiger partial charge is 0.326 e. The van der Waals surface area contributed by atoms with Gasteiger partial charge in [0.2, 0.25) is 11.9 Å². The Morgan fingerprint density at radius 3 is 2.30 bits per heavy atom. The van der Waals surface area contributed by atoms with Gasteiger partial charge in [-0.15, -0.1) is 0 Å². The van der Waals surface area contributed by atoms with Crippen molar-refractivity contribution in [3.8, 4) is 11.1 Å². The molecule has 4 rings (SSSR count). The minimum atomic E-state index is -0.0761. The zero-order chi connectivity index (χ0) is 23.4. The number of nitrogens with one attached hydrogen (secondary N) is 2. The molecule has 4 aromatic rings. The number of aryl methyl sites for hydroxylation is 1. The van der Waals surface area contributed by atoms with Crippen LogP contribution in [0, 0.1) is 0 Å². The van der Waals surface area contributed by atoms with Crippen LogP contribution in [0.15, 0.2) is 67.4 Å². The lowest BCUT2D eigenvalue weighted by Gasteiger charge is -2.18. The molecule has 168 valence electrons. The summed E-state index contributed by atoms with van der Waals surface area (Å²) in [6.45, 7) is 6.29. The van der Waals surface area contributed by atoms with E-state index in [1.165, 1.54) is 0 Å². The van der Waals surface area contributed by atoms with Gasteiger partial charge in [0.25, 0.3) is 0 Å². The summed E-state index contributed by atoms with van der Waals surface area (Å²) in [5.74, 6) is 0.439. The second-order valence-corrected chi connectivity index (χ2v) is 8.92. The number of nitrogens with zero attached hydrogens (tertiary/aromatic N) is 5. The lowest BCUT2D eigenvalue weighted by Crippen LogP contribution is -2.17. The number of anilines is 3. The number of carbonyl (C=O) groups is 1. The molecule has 2 N–H and O–H groups in total. The molecule has 0 spiro atoms. The van der Waals surface area contributed by atoms with Crippen molar-refractivity contribution in [1.82, 2.24) is 24.7 Å². The van der Waals surface area contributed by atoms with E-state index < -0.39 is 0 Å². The first-order chi connectivity index (χ1) is 15.8. The van der Waals surface area contributed by atoms with E-state index in [-0.39, 0.29) is 17.7 Å². The fraction of sp³-hybridized carbons (Fsp3) is 0.240. The third kappa shape index (κ3) is 5.79. The molecule has 3 heterocycles. The summed E-state index contributed by atoms with van der Waals surface area (Å²) < 4.78 is 1.71. The van der Waals surface area contributed by atoms with Gasteiger partial charge in [0, 0.05) is 54.2 Å². The Hall–Kier alpha value is -4.07. The lowest BCUT2D eigenvalue weighted by atomic mass is 9.91. The van der Waals surface area contributed by atoms with Gasteiger partial charge >= 0.3 is 0 Å². The molecule has 1 aromatic carbocycles. The first kappa shape index (κ1) is 22.1. The third-order valence-corrected chi connectivity index (χ3v) is 5.08. The van der Waals surface area contributed by atoms with Crippen LogP contribution in [-0.4, -0.2) is 30.6 Å². The Labute approximate surface area is 193 Å². The molecule has 33 heavy (non-hydrogen) atoms. The topological polar surface area (TPSA) is 97.6 Å². The number of rotatable bonds is 6. The Kier molecular flexibility index (Phi) is 6.17. The second-order valence-electron chi connectivity index (χ2n) is 8.92. The van der Waals surface area contributed by atoms with Crippen LogP contribution in [-0.2, 0) is 23.7 Å². The smallest absolute Gasteiger partial charge is 0.228 e. The Morgan fingerprint density at radius 1 is 0.939 bits per heavy atom. The van der Waals surface area contributed by atoms with Crippen LogP contribution >= 0.6 is 0 Å². The lowest BCUT2D eigenvalue weighted by molar-refractivity contribution is -0.115. The van der Waals surface area contributed by atoms with Crippen LogP contribution < -0.4 is 10.6 Å². The number of hydrogen-bond donors (Lipinski definition) is 2. The van der Waals surface area contributed by atoms with Gasteiger partial charge in [-0.3, -0.25) is 14.5 Å². The highest BCUT2D eigenvalue weighted by Crippen LogP contribution is 2.23. The van der Waals surface area contributed by atoms with Crippen LogP contribution in [0.3, 0.4) is 0 Å². The van der Waals surface area contributed by atoms with E-state index in [0.29, 0.717) is 5.95 Å². The number of pyridine rings is 1. The first-order valence-electron chi connectivity index (χ1n) is 10.7. The van der Waals surface area contributed by atoms with Crippen LogP contribution in [0.2, 0.25) is 0 Å².